The van der Waals surface area contributed by atoms with Crippen molar-refractivity contribution in [2.75, 3.05) is 20.8 Å². The van der Waals surface area contributed by atoms with Gasteiger partial charge in [-0.05, 0) is 25.5 Å². The molecule has 0 amide bonds. The molecule has 1 unspecified atom stereocenters. The maximum atomic E-state index is 14.5. The molecule has 3 nitrogen and oxygen atoms in total. The van der Waals surface area contributed by atoms with Gasteiger partial charge < -0.3 is 14.8 Å². The minimum absolute atomic E-state index is 0.0351. The highest BCUT2D eigenvalue weighted by Gasteiger charge is 2.25. The van der Waals surface area contributed by atoms with Crippen LogP contribution in [0.4, 0.5) is 4.39 Å². The summed E-state index contributed by atoms with van der Waals surface area (Å²) in [4.78, 5) is 0. The van der Waals surface area contributed by atoms with Crippen molar-refractivity contribution in [3.8, 4) is 11.5 Å². The molecule has 1 aliphatic rings. The van der Waals surface area contributed by atoms with Crippen LogP contribution in [0.1, 0.15) is 30.9 Å². The Balaban J connectivity index is 2.46. The van der Waals surface area contributed by atoms with Gasteiger partial charge in [0, 0.05) is 16.1 Å². The van der Waals surface area contributed by atoms with E-state index in [0.29, 0.717) is 11.3 Å². The highest BCUT2D eigenvalue weighted by Crippen LogP contribution is 2.41. The van der Waals surface area contributed by atoms with Crippen molar-refractivity contribution in [1.82, 2.24) is 5.32 Å². The molecule has 1 aromatic rings. The highest BCUT2D eigenvalue weighted by molar-refractivity contribution is 9.10. The predicted molar refractivity (Wildman–Crippen MR) is 71.8 cm³/mol. The third-order valence-corrected chi connectivity index (χ3v) is 3.91. The summed E-state index contributed by atoms with van der Waals surface area (Å²) >= 11 is 3.42. The minimum Gasteiger partial charge on any atom is -0.493 e. The van der Waals surface area contributed by atoms with Crippen LogP contribution < -0.4 is 14.8 Å². The van der Waals surface area contributed by atoms with Crippen LogP contribution in [0.3, 0.4) is 0 Å². The fourth-order valence-electron chi connectivity index (χ4n) is 2.35. The molecule has 1 atom stereocenters. The number of ether oxygens (including phenoxy) is 2. The van der Waals surface area contributed by atoms with E-state index < -0.39 is 0 Å². The topological polar surface area (TPSA) is 30.5 Å². The molecule has 0 bridgehead atoms. The van der Waals surface area contributed by atoms with Crippen LogP contribution >= 0.6 is 15.9 Å². The van der Waals surface area contributed by atoms with Gasteiger partial charge in [-0.15, -0.1) is 0 Å². The summed E-state index contributed by atoms with van der Waals surface area (Å²) in [6.07, 6.45) is 3.19. The quantitative estimate of drug-likeness (QED) is 0.926. The highest BCUT2D eigenvalue weighted by atomic mass is 79.9. The lowest BCUT2D eigenvalue weighted by Crippen LogP contribution is -2.28. The van der Waals surface area contributed by atoms with E-state index in [1.165, 1.54) is 14.2 Å². The second-order valence-corrected chi connectivity index (χ2v) is 5.18. The number of hydrogen-bond acceptors (Lipinski definition) is 3. The Kier molecular flexibility index (Phi) is 4.45. The van der Waals surface area contributed by atoms with Crippen LogP contribution in [0.25, 0.3) is 0 Å². The van der Waals surface area contributed by atoms with E-state index in [0.717, 1.165) is 30.3 Å². The van der Waals surface area contributed by atoms with Crippen LogP contribution in [0.5, 0.6) is 11.5 Å². The SMILES string of the molecule is COc1cc(Br)c(C2CCCCN2)c(F)c1OC. The van der Waals surface area contributed by atoms with Crippen molar-refractivity contribution in [2.45, 2.75) is 25.3 Å². The molecule has 5 heteroatoms. The molecule has 1 aromatic carbocycles. The molecule has 1 heterocycles. The van der Waals surface area contributed by atoms with Crippen LogP contribution in [-0.4, -0.2) is 20.8 Å². The van der Waals surface area contributed by atoms with Gasteiger partial charge in [0.05, 0.1) is 14.2 Å². The number of rotatable bonds is 3. The Labute approximate surface area is 115 Å². The summed E-state index contributed by atoms with van der Waals surface area (Å²) in [7, 11) is 2.95. The normalized spacial score (nSPS) is 19.7. The van der Waals surface area contributed by atoms with Crippen LogP contribution in [0, 0.1) is 5.82 Å². The number of benzene rings is 1. The van der Waals surface area contributed by atoms with Crippen LogP contribution in [-0.2, 0) is 0 Å². The molecule has 0 radical (unpaired) electrons. The Morgan fingerprint density at radius 2 is 2.11 bits per heavy atom. The fraction of sp³-hybridized carbons (Fsp3) is 0.538. The Hall–Kier alpha value is -0.810. The van der Waals surface area contributed by atoms with Crippen LogP contribution in [0.2, 0.25) is 0 Å². The van der Waals surface area contributed by atoms with Crippen molar-refractivity contribution in [3.05, 3.63) is 21.9 Å². The average molecular weight is 318 g/mol. The number of nitrogens with one attached hydrogen (secondary N) is 1. The molecule has 0 aromatic heterocycles. The molecule has 1 saturated heterocycles. The molecular weight excluding hydrogens is 301 g/mol. The fourth-order valence-corrected chi connectivity index (χ4v) is 3.01. The second-order valence-electron chi connectivity index (χ2n) is 4.32. The van der Waals surface area contributed by atoms with Gasteiger partial charge >= 0.3 is 0 Å². The number of piperidine rings is 1. The molecule has 1 aliphatic heterocycles. The summed E-state index contributed by atoms with van der Waals surface area (Å²) in [5.74, 6) is 0.229. The van der Waals surface area contributed by atoms with Gasteiger partial charge in [-0.2, -0.15) is 0 Å². The van der Waals surface area contributed by atoms with E-state index in [2.05, 4.69) is 21.2 Å². The third kappa shape index (κ3) is 2.47. The molecule has 1 fully saturated rings. The lowest BCUT2D eigenvalue weighted by molar-refractivity contribution is 0.328. The smallest absolute Gasteiger partial charge is 0.197 e. The summed E-state index contributed by atoms with van der Waals surface area (Å²) in [6.45, 7) is 0.922. The number of hydrogen-bond donors (Lipinski definition) is 1. The first-order chi connectivity index (χ1) is 8.69. The van der Waals surface area contributed by atoms with E-state index in [1.54, 1.807) is 6.07 Å². The Bertz CT molecular complexity index is 433. The van der Waals surface area contributed by atoms with Gasteiger partial charge in [-0.25, -0.2) is 4.39 Å². The zero-order valence-electron chi connectivity index (χ0n) is 10.6. The van der Waals surface area contributed by atoms with E-state index in [4.69, 9.17) is 9.47 Å². The molecule has 100 valence electrons. The van der Waals surface area contributed by atoms with Gasteiger partial charge in [0.15, 0.2) is 17.3 Å². The van der Waals surface area contributed by atoms with Crippen molar-refractivity contribution >= 4 is 15.9 Å². The van der Waals surface area contributed by atoms with E-state index in [1.807, 2.05) is 0 Å². The van der Waals surface area contributed by atoms with Gasteiger partial charge in [0.2, 0.25) is 0 Å². The molecule has 18 heavy (non-hydrogen) atoms. The van der Waals surface area contributed by atoms with E-state index >= 15 is 0 Å². The first-order valence-electron chi connectivity index (χ1n) is 6.02. The summed E-state index contributed by atoms with van der Waals surface area (Å²) in [6, 6.07) is 1.79. The maximum Gasteiger partial charge on any atom is 0.197 e. The lowest BCUT2D eigenvalue weighted by Gasteiger charge is -2.26. The van der Waals surface area contributed by atoms with Crippen molar-refractivity contribution in [2.24, 2.45) is 0 Å². The van der Waals surface area contributed by atoms with Crippen molar-refractivity contribution < 1.29 is 13.9 Å². The monoisotopic (exact) mass is 317 g/mol. The Morgan fingerprint density at radius 3 is 2.67 bits per heavy atom. The first-order valence-corrected chi connectivity index (χ1v) is 6.81. The van der Waals surface area contributed by atoms with Crippen LogP contribution in [0.15, 0.2) is 10.5 Å². The Morgan fingerprint density at radius 1 is 1.33 bits per heavy atom. The van der Waals surface area contributed by atoms with Gasteiger partial charge in [-0.1, -0.05) is 22.4 Å². The molecule has 2 rings (SSSR count). The number of halogens is 2. The third-order valence-electron chi connectivity index (χ3n) is 3.26. The van der Waals surface area contributed by atoms with Gasteiger partial charge in [-0.3, -0.25) is 0 Å². The van der Waals surface area contributed by atoms with E-state index in [9.17, 15) is 4.39 Å². The molecule has 0 saturated carbocycles. The largest absolute Gasteiger partial charge is 0.493 e. The number of methoxy groups -OCH3 is 2. The minimum atomic E-state index is -0.344. The second kappa shape index (κ2) is 5.89. The van der Waals surface area contributed by atoms with Gasteiger partial charge in [0.25, 0.3) is 0 Å². The van der Waals surface area contributed by atoms with E-state index in [-0.39, 0.29) is 17.6 Å². The lowest BCUT2D eigenvalue weighted by atomic mass is 9.96. The maximum absolute atomic E-state index is 14.5. The first kappa shape index (κ1) is 13.6. The molecule has 0 spiro atoms. The molecule has 1 N–H and O–H groups in total. The summed E-state index contributed by atoms with van der Waals surface area (Å²) < 4.78 is 25.4. The van der Waals surface area contributed by atoms with Crippen molar-refractivity contribution in [1.29, 1.82) is 0 Å². The predicted octanol–water partition coefficient (Wildman–Crippen LogP) is 3.42. The molecule has 0 aliphatic carbocycles. The van der Waals surface area contributed by atoms with Gasteiger partial charge in [0.1, 0.15) is 0 Å². The summed E-state index contributed by atoms with van der Waals surface area (Å²) in [5, 5.41) is 3.34. The standard InChI is InChI=1S/C13H17BrFNO2/c1-17-10-7-8(14)11(12(15)13(10)18-2)9-5-3-4-6-16-9/h7,9,16H,3-6H2,1-2H3. The summed E-state index contributed by atoms with van der Waals surface area (Å²) in [5.41, 5.74) is 0.632. The van der Waals surface area contributed by atoms with Crippen molar-refractivity contribution in [3.63, 3.8) is 0 Å². The average Bonchev–Trinajstić information content (AvgIpc) is 2.39. The zero-order chi connectivity index (χ0) is 13.1. The zero-order valence-corrected chi connectivity index (χ0v) is 12.1. The molecular formula is C13H17BrFNO2.